The summed E-state index contributed by atoms with van der Waals surface area (Å²) in [5.41, 5.74) is 0. The van der Waals surface area contributed by atoms with Gasteiger partial charge >= 0.3 is 0 Å². The van der Waals surface area contributed by atoms with Crippen LogP contribution in [0.3, 0.4) is 0 Å². The van der Waals surface area contributed by atoms with Gasteiger partial charge in [-0.3, -0.25) is 4.55 Å². The van der Waals surface area contributed by atoms with Crippen molar-refractivity contribution in [1.82, 2.24) is 0 Å². The predicted octanol–water partition coefficient (Wildman–Crippen LogP) is 6.13. The Kier molecular flexibility index (Phi) is 7.97. The van der Waals surface area contributed by atoms with Crippen LogP contribution in [0.25, 0.3) is 0 Å². The van der Waals surface area contributed by atoms with Gasteiger partial charge in [-0.15, -0.1) is 0 Å². The third-order valence-electron chi connectivity index (χ3n) is 1.44. The second-order valence-electron chi connectivity index (χ2n) is 2.64. The van der Waals surface area contributed by atoms with Crippen LogP contribution >= 0.6 is 143 Å². The fourth-order valence-electron chi connectivity index (χ4n) is 0.523. The van der Waals surface area contributed by atoms with Crippen LogP contribution in [0, 0.1) is 0 Å². The molecule has 0 aliphatic heterocycles. The molecule has 1 N–H and O–H groups in total. The maximum atomic E-state index is 11.4. The first-order chi connectivity index (χ1) is 7.00. The minimum atomic E-state index is -4.49. The van der Waals surface area contributed by atoms with Crippen LogP contribution in [0.15, 0.2) is 0 Å². The molecule has 0 spiro atoms. The van der Waals surface area contributed by atoms with E-state index >= 15 is 0 Å². The van der Waals surface area contributed by atoms with E-state index in [2.05, 4.69) is 143 Å². The highest BCUT2D eigenvalue weighted by Crippen LogP contribution is 2.69. The van der Waals surface area contributed by atoms with E-state index in [-0.39, 0.29) is 0 Å². The molecule has 0 bridgehead atoms. The molecule has 3 nitrogen and oxygen atoms in total. The summed E-state index contributed by atoms with van der Waals surface area (Å²) >= 11 is 28.6. The summed E-state index contributed by atoms with van der Waals surface area (Å²) in [6, 6.07) is 0. The Labute approximate surface area is 174 Å². The first-order valence-corrected chi connectivity index (χ1v) is 11.7. The average Bonchev–Trinajstić information content (AvgIpc) is 1.98. The van der Waals surface area contributed by atoms with Gasteiger partial charge in [-0.1, -0.05) is 112 Å². The van der Waals surface area contributed by atoms with Crippen LogP contribution in [-0.2, 0) is 10.1 Å². The Bertz CT molecular complexity index is 393. The highest BCUT2D eigenvalue weighted by Gasteiger charge is 2.69. The molecule has 104 valence electrons. The molecule has 0 rings (SSSR count). The third kappa shape index (κ3) is 4.15. The molecular formula is C4HBr9O3S. The fraction of sp³-hybridized carbons (Fsp3) is 1.00. The van der Waals surface area contributed by atoms with Gasteiger partial charge < -0.3 is 0 Å². The van der Waals surface area contributed by atoms with E-state index in [9.17, 15) is 13.0 Å². The molecule has 0 saturated carbocycles. The summed E-state index contributed by atoms with van der Waals surface area (Å²) in [5, 5.41) is 0. The van der Waals surface area contributed by atoms with Crippen molar-refractivity contribution in [2.75, 3.05) is 0 Å². The van der Waals surface area contributed by atoms with Crippen LogP contribution in [0.2, 0.25) is 0 Å². The van der Waals surface area contributed by atoms with Crippen LogP contribution < -0.4 is 0 Å². The van der Waals surface area contributed by atoms with Crippen molar-refractivity contribution in [3.8, 4) is 0 Å². The lowest BCUT2D eigenvalue weighted by molar-refractivity contribution is 0.474. The highest BCUT2D eigenvalue weighted by molar-refractivity contribution is 9.42. The van der Waals surface area contributed by atoms with E-state index in [0.29, 0.717) is 0 Å². The molecule has 0 unspecified atom stereocenters. The zero-order chi connectivity index (χ0) is 14.5. The average molecular weight is 848 g/mol. The fourth-order valence-corrected chi connectivity index (χ4v) is 7.83. The summed E-state index contributed by atoms with van der Waals surface area (Å²) in [7, 11) is -4.49. The first kappa shape index (κ1) is 21.2. The molecule has 0 aromatic carbocycles. The van der Waals surface area contributed by atoms with Crippen molar-refractivity contribution >= 4 is 153 Å². The summed E-state index contributed by atoms with van der Waals surface area (Å²) < 4.78 is 26.6. The maximum absolute atomic E-state index is 11.4. The molecular weight excluding hydrogens is 847 g/mol. The van der Waals surface area contributed by atoms with Gasteiger partial charge in [0, 0.05) is 0 Å². The lowest BCUT2D eigenvalue weighted by Gasteiger charge is -2.45. The number of hydrogen-bond donors (Lipinski definition) is 1. The molecule has 0 aromatic heterocycles. The van der Waals surface area contributed by atoms with Gasteiger partial charge in [0.1, 0.15) is 3.23 Å². The largest absolute Gasteiger partial charge is 0.293 e. The molecule has 0 fully saturated rings. The Morgan fingerprint density at radius 3 is 1.18 bits per heavy atom. The van der Waals surface area contributed by atoms with Crippen LogP contribution in [0.1, 0.15) is 0 Å². The maximum Gasteiger partial charge on any atom is 0.293 e. The first-order valence-electron chi connectivity index (χ1n) is 3.17. The monoisotopic (exact) mass is 839 g/mol. The van der Waals surface area contributed by atoms with Crippen molar-refractivity contribution in [1.29, 1.82) is 0 Å². The van der Waals surface area contributed by atoms with Gasteiger partial charge in [-0.25, -0.2) is 0 Å². The Hall–Kier alpha value is 4.23. The number of halogens is 9. The zero-order valence-corrected chi connectivity index (χ0v) is 22.2. The topological polar surface area (TPSA) is 54.4 Å². The SMILES string of the molecule is O=S(=O)(O)C(Br)(Br)C(Br)(Br)C(Br)(Br)C(Br)(Br)Br. The quantitative estimate of drug-likeness (QED) is 0.275. The Balaban J connectivity index is 5.91. The van der Waals surface area contributed by atoms with Gasteiger partial charge in [0.25, 0.3) is 10.1 Å². The van der Waals surface area contributed by atoms with Gasteiger partial charge in [0.05, 0.1) is 0 Å². The summed E-state index contributed by atoms with van der Waals surface area (Å²) in [4.78, 5) is 0. The molecule has 17 heavy (non-hydrogen) atoms. The number of rotatable bonds is 3. The molecule has 0 aliphatic carbocycles. The molecule has 0 heterocycles. The molecule has 0 saturated heterocycles. The normalized spacial score (nSPS) is 16.1. The van der Waals surface area contributed by atoms with Gasteiger partial charge in [0.2, 0.25) is 2.57 Å². The number of alkyl halides is 9. The van der Waals surface area contributed by atoms with Gasteiger partial charge in [0.15, 0.2) is 5.38 Å². The second kappa shape index (κ2) is 6.38. The van der Waals surface area contributed by atoms with E-state index in [4.69, 9.17) is 0 Å². The van der Waals surface area contributed by atoms with Gasteiger partial charge in [-0.05, 0) is 31.9 Å². The molecule has 0 amide bonds. The van der Waals surface area contributed by atoms with Crippen molar-refractivity contribution in [3.63, 3.8) is 0 Å². The minimum Gasteiger partial charge on any atom is -0.284 e. The zero-order valence-electron chi connectivity index (χ0n) is 7.07. The number of hydrogen-bond acceptors (Lipinski definition) is 2. The molecule has 0 radical (unpaired) electrons. The van der Waals surface area contributed by atoms with E-state index in [1.165, 1.54) is 0 Å². The smallest absolute Gasteiger partial charge is 0.284 e. The van der Waals surface area contributed by atoms with E-state index in [1.54, 1.807) is 0 Å². The predicted molar refractivity (Wildman–Crippen MR) is 103 cm³/mol. The minimum absolute atomic E-state index is 0.954. The third-order valence-corrected chi connectivity index (χ3v) is 20.6. The Morgan fingerprint density at radius 1 is 0.706 bits per heavy atom. The van der Waals surface area contributed by atoms with Crippen molar-refractivity contribution < 1.29 is 13.0 Å². The lowest BCUT2D eigenvalue weighted by atomic mass is 10.4. The highest BCUT2D eigenvalue weighted by atomic mass is 80.0. The summed E-state index contributed by atoms with van der Waals surface area (Å²) in [6.07, 6.45) is 0. The second-order valence-corrected chi connectivity index (χ2v) is 22.3. The molecule has 0 aromatic rings. The van der Waals surface area contributed by atoms with E-state index in [1.807, 2.05) is 0 Å². The van der Waals surface area contributed by atoms with Crippen molar-refractivity contribution in [2.45, 2.75) is 11.2 Å². The molecule has 0 aliphatic rings. The molecule has 0 atom stereocenters. The van der Waals surface area contributed by atoms with Crippen LogP contribution in [0.5, 0.6) is 0 Å². The van der Waals surface area contributed by atoms with Crippen LogP contribution in [-0.4, -0.2) is 24.1 Å². The van der Waals surface area contributed by atoms with Crippen molar-refractivity contribution in [3.05, 3.63) is 0 Å². The van der Waals surface area contributed by atoms with E-state index in [0.717, 1.165) is 0 Å². The van der Waals surface area contributed by atoms with Crippen LogP contribution in [0.4, 0.5) is 0 Å². The van der Waals surface area contributed by atoms with Crippen molar-refractivity contribution in [2.24, 2.45) is 0 Å². The lowest BCUT2D eigenvalue weighted by Crippen LogP contribution is -2.56. The Morgan fingerprint density at radius 2 is 1.00 bits per heavy atom. The summed E-state index contributed by atoms with van der Waals surface area (Å²) in [5.74, 6) is 0. The van der Waals surface area contributed by atoms with E-state index < -0.39 is 21.3 Å². The summed E-state index contributed by atoms with van der Waals surface area (Å²) in [6.45, 7) is 0. The standard InChI is InChI=1S/C4HBr9O3S/c5-1(6,3(9,10)11)2(7,8)4(12,13)17(14,15)16/h(H,14,15,16). The van der Waals surface area contributed by atoms with Gasteiger partial charge in [-0.2, -0.15) is 8.42 Å². The molecule has 13 heteroatoms.